The van der Waals surface area contributed by atoms with Gasteiger partial charge in [0.1, 0.15) is 11.6 Å². The first kappa shape index (κ1) is 30.2. The molecule has 6 aromatic rings. The summed E-state index contributed by atoms with van der Waals surface area (Å²) < 4.78 is 31.6. The van der Waals surface area contributed by atoms with Gasteiger partial charge in [-0.15, -0.1) is 0 Å². The Labute approximate surface area is 264 Å². The van der Waals surface area contributed by atoms with E-state index in [1.807, 2.05) is 48.5 Å². The minimum atomic E-state index is -0.751. The highest BCUT2D eigenvalue weighted by Crippen LogP contribution is 2.40. The summed E-state index contributed by atoms with van der Waals surface area (Å²) in [5, 5.41) is 28.8. The van der Waals surface area contributed by atoms with Crippen LogP contribution in [-0.4, -0.2) is 43.6 Å². The van der Waals surface area contributed by atoms with Crippen molar-refractivity contribution < 1.29 is 19.0 Å². The second-order valence-electron chi connectivity index (χ2n) is 12.5. The second kappa shape index (κ2) is 12.4. The van der Waals surface area contributed by atoms with Crippen molar-refractivity contribution in [2.45, 2.75) is 74.9 Å². The molecule has 0 bridgehead atoms. The zero-order valence-electron chi connectivity index (χ0n) is 25.3. The number of benzene rings is 4. The molecule has 2 saturated carbocycles. The van der Waals surface area contributed by atoms with E-state index in [1.165, 1.54) is 18.2 Å². The first-order chi connectivity index (χ1) is 22.4. The number of aromatic nitrogens is 2. The van der Waals surface area contributed by atoms with E-state index in [2.05, 4.69) is 19.2 Å². The van der Waals surface area contributed by atoms with Gasteiger partial charge in [0, 0.05) is 54.6 Å². The standard InChI is InChI=1S/C18H17FN4O.C18H19FN2O/c19-11-8-9-16-13(10-11)12-4-1-2-6-15(12)23(16)17-7-3-5-14(18(17)24)21-22-20;19-11-8-9-16-13(10-11)12-4-1-2-6-15(12)21(16)17-7-3-5-14(20)18(17)22/h1-2,4,6,8-10,14,17-18,24H,3,5,7H2;1-2,4,6,8-10,14,17-18,22H,3,5,7,20H2/t2*14-,17+,18+/m00/s1. The minimum absolute atomic E-state index is 0.0587. The molecular formula is C36H36F2N6O2. The number of rotatable bonds is 3. The van der Waals surface area contributed by atoms with Crippen molar-refractivity contribution in [3.05, 3.63) is 107 Å². The number of para-hydroxylation sites is 2. The van der Waals surface area contributed by atoms with Crippen molar-refractivity contribution in [1.29, 1.82) is 0 Å². The van der Waals surface area contributed by atoms with Gasteiger partial charge in [-0.3, -0.25) is 0 Å². The van der Waals surface area contributed by atoms with Crippen LogP contribution in [0.15, 0.2) is 90.0 Å². The molecule has 0 spiro atoms. The first-order valence-corrected chi connectivity index (χ1v) is 15.9. The van der Waals surface area contributed by atoms with Gasteiger partial charge >= 0.3 is 0 Å². The smallest absolute Gasteiger partial charge is 0.123 e. The molecule has 2 aliphatic carbocycles. The molecule has 0 radical (unpaired) electrons. The average Bonchev–Trinajstić information content (AvgIpc) is 3.56. The van der Waals surface area contributed by atoms with Crippen LogP contribution >= 0.6 is 0 Å². The Morgan fingerprint density at radius 2 is 1.13 bits per heavy atom. The molecule has 236 valence electrons. The Morgan fingerprint density at radius 1 is 0.652 bits per heavy atom. The van der Waals surface area contributed by atoms with Crippen LogP contribution in [0.4, 0.5) is 8.78 Å². The van der Waals surface area contributed by atoms with Crippen LogP contribution in [-0.2, 0) is 0 Å². The quantitative estimate of drug-likeness (QED) is 0.105. The van der Waals surface area contributed by atoms with Gasteiger partial charge in [0.2, 0.25) is 0 Å². The number of azide groups is 1. The molecule has 2 fully saturated rings. The summed E-state index contributed by atoms with van der Waals surface area (Å²) in [6, 6.07) is 24.5. The molecule has 10 heteroatoms. The van der Waals surface area contributed by atoms with Crippen molar-refractivity contribution in [2.24, 2.45) is 10.8 Å². The molecule has 0 saturated heterocycles. The molecule has 6 atom stereocenters. The lowest BCUT2D eigenvalue weighted by Crippen LogP contribution is -2.44. The molecule has 2 heterocycles. The lowest BCUT2D eigenvalue weighted by molar-refractivity contribution is 0.0606. The Bertz CT molecular complexity index is 2100. The lowest BCUT2D eigenvalue weighted by atomic mass is 9.88. The molecule has 4 N–H and O–H groups in total. The molecule has 0 aliphatic heterocycles. The molecule has 46 heavy (non-hydrogen) atoms. The predicted octanol–water partition coefficient (Wildman–Crippen LogP) is 8.05. The van der Waals surface area contributed by atoms with Crippen LogP contribution in [0.25, 0.3) is 54.1 Å². The Balaban J connectivity index is 0.000000147. The second-order valence-corrected chi connectivity index (χ2v) is 12.5. The number of halogens is 2. The van der Waals surface area contributed by atoms with Crippen LogP contribution in [0.5, 0.6) is 0 Å². The van der Waals surface area contributed by atoms with Gasteiger partial charge in [0.05, 0.1) is 30.3 Å². The van der Waals surface area contributed by atoms with E-state index in [9.17, 15) is 19.0 Å². The summed E-state index contributed by atoms with van der Waals surface area (Å²) in [7, 11) is 0. The summed E-state index contributed by atoms with van der Waals surface area (Å²) in [4.78, 5) is 2.87. The Kier molecular flexibility index (Phi) is 8.13. The lowest BCUT2D eigenvalue weighted by Gasteiger charge is -2.34. The Morgan fingerprint density at radius 3 is 1.67 bits per heavy atom. The number of nitrogens with zero attached hydrogens (tertiary/aromatic N) is 5. The molecule has 8 rings (SSSR count). The third-order valence-corrected chi connectivity index (χ3v) is 9.87. The van der Waals surface area contributed by atoms with Gasteiger partial charge in [-0.05, 0) is 86.2 Å². The molecule has 0 amide bonds. The zero-order chi connectivity index (χ0) is 31.9. The van der Waals surface area contributed by atoms with E-state index < -0.39 is 18.2 Å². The summed E-state index contributed by atoms with van der Waals surface area (Å²) >= 11 is 0. The van der Waals surface area contributed by atoms with Crippen molar-refractivity contribution in [2.75, 3.05) is 0 Å². The third-order valence-electron chi connectivity index (χ3n) is 9.87. The van der Waals surface area contributed by atoms with Crippen LogP contribution in [0.1, 0.15) is 50.6 Å². The van der Waals surface area contributed by atoms with Crippen molar-refractivity contribution in [1.82, 2.24) is 9.13 Å². The van der Waals surface area contributed by atoms with Gasteiger partial charge in [-0.25, -0.2) is 8.78 Å². The number of aliphatic hydroxyl groups is 2. The average molecular weight is 623 g/mol. The normalized spacial score (nSPS) is 25.0. The van der Waals surface area contributed by atoms with Gasteiger partial charge in [0.15, 0.2) is 0 Å². The maximum Gasteiger partial charge on any atom is 0.123 e. The summed E-state index contributed by atoms with van der Waals surface area (Å²) in [5.74, 6) is -0.516. The fourth-order valence-electron chi connectivity index (χ4n) is 7.74. The Hall–Kier alpha value is -4.47. The molecule has 2 aromatic heterocycles. The van der Waals surface area contributed by atoms with E-state index in [0.717, 1.165) is 75.7 Å². The van der Waals surface area contributed by atoms with Crippen LogP contribution in [0, 0.1) is 11.6 Å². The number of hydrogen-bond donors (Lipinski definition) is 3. The fraction of sp³-hybridized carbons (Fsp3) is 0.333. The van der Waals surface area contributed by atoms with E-state index >= 15 is 0 Å². The maximum atomic E-state index is 13.7. The number of fused-ring (bicyclic) bond motifs is 6. The predicted molar refractivity (Wildman–Crippen MR) is 178 cm³/mol. The fourth-order valence-corrected chi connectivity index (χ4v) is 7.74. The van der Waals surface area contributed by atoms with Crippen LogP contribution < -0.4 is 5.73 Å². The highest BCUT2D eigenvalue weighted by Gasteiger charge is 2.34. The molecule has 8 nitrogen and oxygen atoms in total. The molecule has 0 unspecified atom stereocenters. The number of aliphatic hydroxyl groups excluding tert-OH is 2. The summed E-state index contributed by atoms with van der Waals surface area (Å²) in [5.41, 5.74) is 18.6. The maximum absolute atomic E-state index is 13.7. The van der Waals surface area contributed by atoms with Crippen molar-refractivity contribution >= 4 is 43.6 Å². The highest BCUT2D eigenvalue weighted by atomic mass is 19.1. The number of nitrogens with two attached hydrogens (primary N) is 1. The van der Waals surface area contributed by atoms with Crippen LogP contribution in [0.3, 0.4) is 0 Å². The van der Waals surface area contributed by atoms with Crippen molar-refractivity contribution in [3.63, 3.8) is 0 Å². The minimum Gasteiger partial charge on any atom is -0.391 e. The molecular weight excluding hydrogens is 586 g/mol. The molecule has 4 aromatic carbocycles. The highest BCUT2D eigenvalue weighted by molar-refractivity contribution is 6.09. The molecule has 2 aliphatic rings. The van der Waals surface area contributed by atoms with Gasteiger partial charge in [-0.2, -0.15) is 0 Å². The largest absolute Gasteiger partial charge is 0.391 e. The third kappa shape index (κ3) is 5.17. The topological polar surface area (TPSA) is 125 Å². The van der Waals surface area contributed by atoms with Gasteiger partial charge in [0.25, 0.3) is 0 Å². The first-order valence-electron chi connectivity index (χ1n) is 15.9. The van der Waals surface area contributed by atoms with Gasteiger partial charge in [-0.1, -0.05) is 47.9 Å². The van der Waals surface area contributed by atoms with E-state index in [4.69, 9.17) is 11.3 Å². The van der Waals surface area contributed by atoms with E-state index in [0.29, 0.717) is 6.42 Å². The number of hydrogen-bond acceptors (Lipinski definition) is 4. The van der Waals surface area contributed by atoms with E-state index in [-0.39, 0.29) is 29.8 Å². The summed E-state index contributed by atoms with van der Waals surface area (Å²) in [6.07, 6.45) is 3.77. The van der Waals surface area contributed by atoms with E-state index in [1.54, 1.807) is 18.2 Å². The SMILES string of the molecule is N[C@H]1CCC[C@@H](n2c3ccccc3c3cc(F)ccc32)[C@@H]1O.[N-]=[N+]=N[C@H]1CCC[C@@H](n2c3ccccc3c3cc(F)ccc32)[C@@H]1O. The monoisotopic (exact) mass is 622 g/mol. The summed E-state index contributed by atoms with van der Waals surface area (Å²) in [6.45, 7) is 0. The zero-order valence-corrected chi connectivity index (χ0v) is 25.3. The van der Waals surface area contributed by atoms with Crippen LogP contribution in [0.2, 0.25) is 0 Å². The van der Waals surface area contributed by atoms with Gasteiger partial charge < -0.3 is 25.1 Å². The van der Waals surface area contributed by atoms with Crippen molar-refractivity contribution in [3.8, 4) is 0 Å².